The number of anilines is 1. The van der Waals surface area contributed by atoms with Crippen LogP contribution in [0.25, 0.3) is 0 Å². The van der Waals surface area contributed by atoms with Crippen molar-refractivity contribution in [3.05, 3.63) is 64.2 Å². The lowest BCUT2D eigenvalue weighted by molar-refractivity contribution is 0.101. The van der Waals surface area contributed by atoms with Crippen LogP contribution in [0.2, 0.25) is 5.02 Å². The summed E-state index contributed by atoms with van der Waals surface area (Å²) in [6, 6.07) is 12.9. The van der Waals surface area contributed by atoms with Crippen molar-refractivity contribution < 1.29 is 9.59 Å². The van der Waals surface area contributed by atoms with Gasteiger partial charge >= 0.3 is 6.03 Å². The molecule has 5 heteroatoms. The van der Waals surface area contributed by atoms with E-state index in [0.29, 0.717) is 29.4 Å². The summed E-state index contributed by atoms with van der Waals surface area (Å²) < 4.78 is 0. The number of benzene rings is 2. The fourth-order valence-corrected chi connectivity index (χ4v) is 3.06. The van der Waals surface area contributed by atoms with E-state index in [1.54, 1.807) is 23.1 Å². The molecule has 1 N–H and O–H groups in total. The van der Waals surface area contributed by atoms with Gasteiger partial charge in [0.05, 0.1) is 5.02 Å². The van der Waals surface area contributed by atoms with Crippen LogP contribution in [-0.4, -0.2) is 23.3 Å². The van der Waals surface area contributed by atoms with E-state index in [-0.39, 0.29) is 19.2 Å². The Morgan fingerprint density at radius 2 is 1.83 bits per heavy atom. The van der Waals surface area contributed by atoms with Crippen LogP contribution in [0.15, 0.2) is 42.5 Å². The van der Waals surface area contributed by atoms with Crippen LogP contribution in [-0.2, 0) is 13.0 Å². The average Bonchev–Trinajstić information content (AvgIpc) is 2.54. The predicted octanol–water partition coefficient (Wildman–Crippen LogP) is 4.77. The van der Waals surface area contributed by atoms with Crippen LogP contribution in [0.3, 0.4) is 0 Å². The van der Waals surface area contributed by atoms with Crippen molar-refractivity contribution >= 4 is 29.1 Å². The molecular formula is C19H21ClN2O2. The van der Waals surface area contributed by atoms with Gasteiger partial charge in [0.1, 0.15) is 0 Å². The van der Waals surface area contributed by atoms with Crippen molar-refractivity contribution in [3.63, 3.8) is 0 Å². The molecule has 0 unspecified atom stereocenters. The minimum absolute atomic E-state index is 0. The van der Waals surface area contributed by atoms with Gasteiger partial charge in [-0.3, -0.25) is 4.79 Å². The number of rotatable bonds is 2. The molecule has 126 valence electrons. The van der Waals surface area contributed by atoms with Gasteiger partial charge in [-0.2, -0.15) is 0 Å². The van der Waals surface area contributed by atoms with E-state index < -0.39 is 0 Å². The molecule has 0 aromatic heterocycles. The molecule has 1 aliphatic rings. The normalized spacial score (nSPS) is 12.8. The van der Waals surface area contributed by atoms with Gasteiger partial charge in [-0.15, -0.1) is 0 Å². The van der Waals surface area contributed by atoms with Gasteiger partial charge in [0.15, 0.2) is 5.78 Å². The maximum Gasteiger partial charge on any atom is 0.322 e. The first-order chi connectivity index (χ1) is 11.0. The summed E-state index contributed by atoms with van der Waals surface area (Å²) in [6.07, 6.45) is 0.855. The van der Waals surface area contributed by atoms with Gasteiger partial charge in [0.2, 0.25) is 0 Å². The first-order valence-corrected chi connectivity index (χ1v) is 7.85. The number of Topliss-reactive ketones (excluding diaryl/α,β-unsaturated/α-hetero) is 1. The highest BCUT2D eigenvalue weighted by atomic mass is 35.5. The number of amides is 2. The summed E-state index contributed by atoms with van der Waals surface area (Å²) in [5.74, 6) is -0.0967. The van der Waals surface area contributed by atoms with E-state index in [9.17, 15) is 9.59 Å². The number of urea groups is 1. The maximum absolute atomic E-state index is 12.4. The third-order valence-corrected chi connectivity index (χ3v) is 4.33. The molecule has 0 radical (unpaired) electrons. The lowest BCUT2D eigenvalue weighted by Gasteiger charge is -2.29. The van der Waals surface area contributed by atoms with Gasteiger partial charge in [0, 0.05) is 24.3 Å². The summed E-state index contributed by atoms with van der Waals surface area (Å²) in [5.41, 5.74) is 3.52. The standard InChI is InChI=1S/C18H17ClN2O2.CH4/c1-12(22)16-7-6-15(10-17(16)19)20-18(23)21-9-8-13-4-2-3-5-14(13)11-21;/h2-7,10H,8-9,11H2,1H3,(H,20,23);1H4. The van der Waals surface area contributed by atoms with E-state index in [1.807, 2.05) is 18.2 Å². The molecule has 3 rings (SSSR count). The zero-order valence-electron chi connectivity index (χ0n) is 12.8. The highest BCUT2D eigenvalue weighted by molar-refractivity contribution is 6.34. The summed E-state index contributed by atoms with van der Waals surface area (Å²) >= 11 is 6.07. The molecule has 0 bridgehead atoms. The minimum Gasteiger partial charge on any atom is -0.320 e. The number of carbonyl (C=O) groups is 2. The Kier molecular flexibility index (Phi) is 5.62. The largest absolute Gasteiger partial charge is 0.322 e. The van der Waals surface area contributed by atoms with E-state index in [0.717, 1.165) is 6.42 Å². The summed E-state index contributed by atoms with van der Waals surface area (Å²) in [5, 5.41) is 3.19. The van der Waals surface area contributed by atoms with Crippen molar-refractivity contribution in [2.24, 2.45) is 0 Å². The first-order valence-electron chi connectivity index (χ1n) is 7.48. The smallest absolute Gasteiger partial charge is 0.320 e. The number of nitrogens with one attached hydrogen (secondary N) is 1. The van der Waals surface area contributed by atoms with E-state index in [4.69, 9.17) is 11.6 Å². The van der Waals surface area contributed by atoms with Gasteiger partial charge in [-0.25, -0.2) is 4.79 Å². The molecule has 0 saturated heterocycles. The van der Waals surface area contributed by atoms with E-state index in [2.05, 4.69) is 11.4 Å². The Morgan fingerprint density at radius 1 is 1.12 bits per heavy atom. The van der Waals surface area contributed by atoms with Gasteiger partial charge in [-0.1, -0.05) is 43.3 Å². The zero-order valence-corrected chi connectivity index (χ0v) is 13.6. The number of carbonyl (C=O) groups excluding carboxylic acids is 2. The third-order valence-electron chi connectivity index (χ3n) is 4.02. The van der Waals surface area contributed by atoms with Crippen LogP contribution in [0, 0.1) is 0 Å². The van der Waals surface area contributed by atoms with Crippen LogP contribution in [0.1, 0.15) is 35.8 Å². The number of ketones is 1. The number of hydrogen-bond donors (Lipinski definition) is 1. The van der Waals surface area contributed by atoms with Crippen LogP contribution < -0.4 is 5.32 Å². The topological polar surface area (TPSA) is 49.4 Å². The van der Waals surface area contributed by atoms with Crippen LogP contribution in [0.5, 0.6) is 0 Å². The molecule has 0 fully saturated rings. The van der Waals surface area contributed by atoms with Gasteiger partial charge < -0.3 is 10.2 Å². The summed E-state index contributed by atoms with van der Waals surface area (Å²) in [6.45, 7) is 2.74. The lowest BCUT2D eigenvalue weighted by atomic mass is 10.0. The quantitative estimate of drug-likeness (QED) is 0.798. The molecule has 0 spiro atoms. The predicted molar refractivity (Wildman–Crippen MR) is 97.8 cm³/mol. The van der Waals surface area contributed by atoms with Crippen LogP contribution in [0.4, 0.5) is 10.5 Å². The van der Waals surface area contributed by atoms with Crippen molar-refractivity contribution in [2.45, 2.75) is 27.3 Å². The number of fused-ring (bicyclic) bond motifs is 1. The molecule has 2 amide bonds. The molecule has 0 saturated carbocycles. The fourth-order valence-electron chi connectivity index (χ4n) is 2.75. The molecule has 4 nitrogen and oxygen atoms in total. The molecule has 0 atom stereocenters. The third kappa shape index (κ3) is 3.77. The second kappa shape index (κ2) is 7.49. The lowest BCUT2D eigenvalue weighted by Crippen LogP contribution is -2.38. The van der Waals surface area contributed by atoms with E-state index in [1.165, 1.54) is 18.1 Å². The SMILES string of the molecule is C.CC(=O)c1ccc(NC(=O)N2CCc3ccccc3C2)cc1Cl. The number of nitrogens with zero attached hydrogens (tertiary/aromatic N) is 1. The Balaban J connectivity index is 0.00000208. The molecular weight excluding hydrogens is 324 g/mol. The zero-order chi connectivity index (χ0) is 16.4. The second-order valence-electron chi connectivity index (χ2n) is 5.62. The Hall–Kier alpha value is -2.33. The molecule has 24 heavy (non-hydrogen) atoms. The molecule has 2 aromatic carbocycles. The Bertz CT molecular complexity index is 774. The van der Waals surface area contributed by atoms with E-state index >= 15 is 0 Å². The highest BCUT2D eigenvalue weighted by Gasteiger charge is 2.20. The fraction of sp³-hybridized carbons (Fsp3) is 0.263. The minimum atomic E-state index is -0.161. The Morgan fingerprint density at radius 3 is 2.50 bits per heavy atom. The van der Waals surface area contributed by atoms with Crippen LogP contribution >= 0.6 is 11.6 Å². The first kappa shape index (κ1) is 18.0. The second-order valence-corrected chi connectivity index (χ2v) is 6.03. The molecule has 1 heterocycles. The number of halogens is 1. The maximum atomic E-state index is 12.4. The molecule has 0 aliphatic carbocycles. The molecule has 2 aromatic rings. The summed E-state index contributed by atoms with van der Waals surface area (Å²) in [7, 11) is 0. The average molecular weight is 345 g/mol. The van der Waals surface area contributed by atoms with Gasteiger partial charge in [-0.05, 0) is 42.7 Å². The van der Waals surface area contributed by atoms with Crippen molar-refractivity contribution in [3.8, 4) is 0 Å². The number of hydrogen-bond acceptors (Lipinski definition) is 2. The molecule has 1 aliphatic heterocycles. The van der Waals surface area contributed by atoms with Crippen molar-refractivity contribution in [1.29, 1.82) is 0 Å². The summed E-state index contributed by atoms with van der Waals surface area (Å²) in [4.78, 5) is 25.6. The van der Waals surface area contributed by atoms with Gasteiger partial charge in [0.25, 0.3) is 0 Å². The highest BCUT2D eigenvalue weighted by Crippen LogP contribution is 2.23. The monoisotopic (exact) mass is 344 g/mol. The Labute approximate surface area is 147 Å². The van der Waals surface area contributed by atoms with Crippen molar-refractivity contribution in [2.75, 3.05) is 11.9 Å². The van der Waals surface area contributed by atoms with Crippen molar-refractivity contribution in [1.82, 2.24) is 4.90 Å².